The van der Waals surface area contributed by atoms with Crippen molar-refractivity contribution in [1.82, 2.24) is 14.3 Å². The van der Waals surface area contributed by atoms with Crippen LogP contribution in [0.15, 0.2) is 28.0 Å². The molecule has 8 nitrogen and oxygen atoms in total. The van der Waals surface area contributed by atoms with Gasteiger partial charge in [0.25, 0.3) is 11.5 Å². The Balaban J connectivity index is 1.96. The molecule has 0 aliphatic carbocycles. The standard InChI is InChI=1S/C21H26N4O4S2/c1-4-29-10-5-9-24-20(27)16(31-21(24)30)12-15-18(22-8-11-28-3)23-17-7-6-14(2)13-25(17)19(15)26/h6-7,12-13,22H,4-5,8-11H2,1-3H3/b16-12-. The highest BCUT2D eigenvalue weighted by Crippen LogP contribution is 2.33. The molecule has 1 aliphatic heterocycles. The molecule has 0 bridgehead atoms. The number of pyridine rings is 1. The van der Waals surface area contributed by atoms with Crippen LogP contribution in [0, 0.1) is 6.92 Å². The summed E-state index contributed by atoms with van der Waals surface area (Å²) in [6, 6.07) is 3.69. The van der Waals surface area contributed by atoms with Gasteiger partial charge in [-0.2, -0.15) is 0 Å². The number of nitrogens with one attached hydrogen (secondary N) is 1. The minimum absolute atomic E-state index is 0.205. The van der Waals surface area contributed by atoms with Crippen molar-refractivity contribution in [2.45, 2.75) is 20.3 Å². The monoisotopic (exact) mass is 462 g/mol. The molecule has 31 heavy (non-hydrogen) atoms. The lowest BCUT2D eigenvalue weighted by molar-refractivity contribution is -0.122. The number of hydrogen-bond acceptors (Lipinski definition) is 8. The summed E-state index contributed by atoms with van der Waals surface area (Å²) in [5, 5.41) is 3.14. The zero-order valence-electron chi connectivity index (χ0n) is 17.8. The first-order valence-corrected chi connectivity index (χ1v) is 11.3. The van der Waals surface area contributed by atoms with Crippen molar-refractivity contribution in [2.75, 3.05) is 45.3 Å². The van der Waals surface area contributed by atoms with E-state index in [1.807, 2.05) is 19.9 Å². The number of ether oxygens (including phenoxy) is 2. The van der Waals surface area contributed by atoms with Crippen LogP contribution in [0.25, 0.3) is 11.7 Å². The third kappa shape index (κ3) is 5.51. The highest BCUT2D eigenvalue weighted by molar-refractivity contribution is 8.26. The number of aryl methyl sites for hydroxylation is 1. The van der Waals surface area contributed by atoms with Gasteiger partial charge in [-0.1, -0.05) is 30.0 Å². The second-order valence-electron chi connectivity index (χ2n) is 6.92. The molecule has 0 aromatic carbocycles. The number of methoxy groups -OCH3 is 1. The molecular formula is C21H26N4O4S2. The fraction of sp³-hybridized carbons (Fsp3) is 0.429. The van der Waals surface area contributed by atoms with E-state index in [-0.39, 0.29) is 11.5 Å². The van der Waals surface area contributed by atoms with Gasteiger partial charge in [0.05, 0.1) is 17.1 Å². The van der Waals surface area contributed by atoms with Gasteiger partial charge < -0.3 is 14.8 Å². The summed E-state index contributed by atoms with van der Waals surface area (Å²) in [5.41, 5.74) is 1.52. The first-order valence-electron chi connectivity index (χ1n) is 10.0. The molecule has 0 radical (unpaired) electrons. The average Bonchev–Trinajstić information content (AvgIpc) is 3.01. The summed E-state index contributed by atoms with van der Waals surface area (Å²) >= 11 is 6.58. The van der Waals surface area contributed by atoms with E-state index in [1.165, 1.54) is 16.2 Å². The maximum atomic E-state index is 13.3. The largest absolute Gasteiger partial charge is 0.383 e. The molecule has 1 amide bonds. The maximum Gasteiger partial charge on any atom is 0.267 e. The zero-order chi connectivity index (χ0) is 22.4. The number of thiocarbonyl (C=S) groups is 1. The van der Waals surface area contributed by atoms with Crippen LogP contribution in [0.2, 0.25) is 0 Å². The summed E-state index contributed by atoms with van der Waals surface area (Å²) < 4.78 is 12.4. The fourth-order valence-corrected chi connectivity index (χ4v) is 4.38. The number of hydrogen-bond donors (Lipinski definition) is 1. The molecule has 10 heteroatoms. The molecule has 0 spiro atoms. The number of carbonyl (C=O) groups is 1. The number of carbonyl (C=O) groups excluding carboxylic acids is 1. The Labute approximate surface area is 190 Å². The Bertz CT molecular complexity index is 1070. The normalized spacial score (nSPS) is 15.5. The van der Waals surface area contributed by atoms with Gasteiger partial charge in [0.2, 0.25) is 0 Å². The lowest BCUT2D eigenvalue weighted by Gasteiger charge is -2.14. The number of anilines is 1. The van der Waals surface area contributed by atoms with Crippen LogP contribution in [-0.4, -0.2) is 64.5 Å². The fourth-order valence-electron chi connectivity index (χ4n) is 3.09. The second kappa shape index (κ2) is 10.9. The predicted molar refractivity (Wildman–Crippen MR) is 128 cm³/mol. The number of fused-ring (bicyclic) bond motifs is 1. The first kappa shape index (κ1) is 23.4. The Hall–Kier alpha value is -2.27. The predicted octanol–water partition coefficient (Wildman–Crippen LogP) is 2.69. The minimum atomic E-state index is -0.254. The molecule has 1 N–H and O–H groups in total. The van der Waals surface area contributed by atoms with Gasteiger partial charge in [-0.05, 0) is 38.0 Å². The van der Waals surface area contributed by atoms with Gasteiger partial charge >= 0.3 is 0 Å². The molecule has 1 fully saturated rings. The van der Waals surface area contributed by atoms with Crippen LogP contribution < -0.4 is 10.9 Å². The van der Waals surface area contributed by atoms with E-state index in [0.717, 1.165) is 5.56 Å². The summed E-state index contributed by atoms with van der Waals surface area (Å²) in [4.78, 5) is 32.7. The van der Waals surface area contributed by atoms with E-state index >= 15 is 0 Å². The molecule has 2 aromatic heterocycles. The summed E-state index contributed by atoms with van der Waals surface area (Å²) in [7, 11) is 1.60. The van der Waals surface area contributed by atoms with Crippen LogP contribution >= 0.6 is 24.0 Å². The molecule has 3 heterocycles. The molecular weight excluding hydrogens is 436 g/mol. The first-order chi connectivity index (χ1) is 15.0. The van der Waals surface area contributed by atoms with Crippen LogP contribution in [0.3, 0.4) is 0 Å². The Morgan fingerprint density at radius 1 is 1.29 bits per heavy atom. The Morgan fingerprint density at radius 2 is 2.10 bits per heavy atom. The molecule has 2 aromatic rings. The second-order valence-corrected chi connectivity index (χ2v) is 8.59. The van der Waals surface area contributed by atoms with Gasteiger partial charge in [0, 0.05) is 39.6 Å². The van der Waals surface area contributed by atoms with Crippen molar-refractivity contribution in [3.05, 3.63) is 44.7 Å². The molecule has 0 saturated carbocycles. The number of nitrogens with zero attached hydrogens (tertiary/aromatic N) is 3. The third-order valence-electron chi connectivity index (χ3n) is 4.63. The smallest absolute Gasteiger partial charge is 0.267 e. The average molecular weight is 463 g/mol. The number of amides is 1. The van der Waals surface area contributed by atoms with E-state index in [2.05, 4.69) is 10.3 Å². The molecule has 0 atom stereocenters. The van der Waals surface area contributed by atoms with Crippen LogP contribution in [0.4, 0.5) is 5.82 Å². The SMILES string of the molecule is CCOCCCN1C(=O)/C(=C/c2c(NCCOC)nc3ccc(C)cn3c2=O)SC1=S. The van der Waals surface area contributed by atoms with Gasteiger partial charge in [0.15, 0.2) is 0 Å². The van der Waals surface area contributed by atoms with Crippen LogP contribution in [-0.2, 0) is 14.3 Å². The topological polar surface area (TPSA) is 85.2 Å². The lowest BCUT2D eigenvalue weighted by atomic mass is 10.2. The lowest BCUT2D eigenvalue weighted by Crippen LogP contribution is -2.29. The zero-order valence-corrected chi connectivity index (χ0v) is 19.5. The molecule has 0 unspecified atom stereocenters. The number of aromatic nitrogens is 2. The quantitative estimate of drug-likeness (QED) is 0.328. The van der Waals surface area contributed by atoms with E-state index in [0.29, 0.717) is 65.6 Å². The van der Waals surface area contributed by atoms with E-state index in [4.69, 9.17) is 21.7 Å². The van der Waals surface area contributed by atoms with Gasteiger partial charge in [-0.15, -0.1) is 0 Å². The van der Waals surface area contributed by atoms with Crippen molar-refractivity contribution < 1.29 is 14.3 Å². The number of rotatable bonds is 10. The summed E-state index contributed by atoms with van der Waals surface area (Å²) in [6.07, 6.45) is 4.01. The molecule has 3 rings (SSSR count). The van der Waals surface area contributed by atoms with Crippen LogP contribution in [0.1, 0.15) is 24.5 Å². The van der Waals surface area contributed by atoms with E-state index in [1.54, 1.807) is 30.3 Å². The van der Waals surface area contributed by atoms with Crippen molar-refractivity contribution in [1.29, 1.82) is 0 Å². The van der Waals surface area contributed by atoms with Crippen molar-refractivity contribution in [3.8, 4) is 0 Å². The summed E-state index contributed by atoms with van der Waals surface area (Å²) in [5.74, 6) is 0.204. The molecule has 1 saturated heterocycles. The van der Waals surface area contributed by atoms with E-state index in [9.17, 15) is 9.59 Å². The maximum absolute atomic E-state index is 13.3. The number of thioether (sulfide) groups is 1. The van der Waals surface area contributed by atoms with Crippen molar-refractivity contribution >= 4 is 51.7 Å². The highest BCUT2D eigenvalue weighted by Gasteiger charge is 2.32. The third-order valence-corrected chi connectivity index (χ3v) is 6.01. The Kier molecular flexibility index (Phi) is 8.19. The van der Waals surface area contributed by atoms with Crippen molar-refractivity contribution in [3.63, 3.8) is 0 Å². The molecule has 1 aliphatic rings. The molecule has 166 valence electrons. The minimum Gasteiger partial charge on any atom is -0.383 e. The van der Waals surface area contributed by atoms with E-state index < -0.39 is 0 Å². The van der Waals surface area contributed by atoms with Crippen LogP contribution in [0.5, 0.6) is 0 Å². The van der Waals surface area contributed by atoms with Gasteiger partial charge in [-0.25, -0.2) is 4.98 Å². The van der Waals surface area contributed by atoms with Crippen molar-refractivity contribution in [2.24, 2.45) is 0 Å². The highest BCUT2D eigenvalue weighted by atomic mass is 32.2. The Morgan fingerprint density at radius 3 is 2.84 bits per heavy atom. The van der Waals surface area contributed by atoms with Gasteiger partial charge in [0.1, 0.15) is 15.8 Å². The van der Waals surface area contributed by atoms with Gasteiger partial charge in [-0.3, -0.25) is 18.9 Å². The summed E-state index contributed by atoms with van der Waals surface area (Å²) in [6.45, 7) is 6.45.